The second-order valence-corrected chi connectivity index (χ2v) is 10.1. The summed E-state index contributed by atoms with van der Waals surface area (Å²) in [5.41, 5.74) is 10.4. The van der Waals surface area contributed by atoms with E-state index in [1.165, 1.54) is 44.5 Å². The smallest absolute Gasteiger partial charge is 0.0619 e. The quantitative estimate of drug-likeness (QED) is 0.178. The molecule has 4 aromatic carbocycles. The standard InChI is InChI=1S/C25H13Br3/c26-14-5-8-22-18(11-14)17-3-1-2-4-21(17)25(22)23-9-6-15(27)12-19(23)20-13-16(28)7-10-24(20)25/h1-13H. The largest absolute Gasteiger partial charge is 0.0725 e. The van der Waals surface area contributed by atoms with Gasteiger partial charge in [0.25, 0.3) is 0 Å². The molecule has 0 radical (unpaired) electrons. The Morgan fingerprint density at radius 1 is 0.429 bits per heavy atom. The fraction of sp³-hybridized carbons (Fsp3) is 0.0400. The highest BCUT2D eigenvalue weighted by atomic mass is 79.9. The minimum Gasteiger partial charge on any atom is -0.0619 e. The molecule has 0 saturated heterocycles. The molecular weight excluding hydrogens is 540 g/mol. The van der Waals surface area contributed by atoms with Gasteiger partial charge in [-0.2, -0.15) is 0 Å². The van der Waals surface area contributed by atoms with Crippen molar-refractivity contribution in [3.63, 3.8) is 0 Å². The fourth-order valence-corrected chi connectivity index (χ4v) is 6.20. The molecule has 0 aromatic heterocycles. The highest BCUT2D eigenvalue weighted by Gasteiger charge is 2.51. The molecule has 0 unspecified atom stereocenters. The molecule has 1 spiro atoms. The van der Waals surface area contributed by atoms with Gasteiger partial charge in [0, 0.05) is 13.4 Å². The number of benzene rings is 4. The maximum Gasteiger partial charge on any atom is 0.0725 e. The van der Waals surface area contributed by atoms with E-state index in [1.54, 1.807) is 0 Å². The molecule has 2 aliphatic rings. The van der Waals surface area contributed by atoms with Crippen LogP contribution >= 0.6 is 47.8 Å². The topological polar surface area (TPSA) is 0 Å². The molecule has 6 rings (SSSR count). The SMILES string of the molecule is Brc1ccc2c(c1)-c1ccccc1C21c2ccc(Br)cc2-c2cc(Br)ccc21. The molecule has 2 aliphatic carbocycles. The predicted molar refractivity (Wildman–Crippen MR) is 126 cm³/mol. The average Bonchev–Trinajstić information content (AvgIpc) is 3.13. The molecule has 0 N–H and O–H groups in total. The van der Waals surface area contributed by atoms with Gasteiger partial charge in [0.2, 0.25) is 0 Å². The number of hydrogen-bond acceptors (Lipinski definition) is 0. The third kappa shape index (κ3) is 2.05. The Balaban J connectivity index is 1.85. The lowest BCUT2D eigenvalue weighted by Gasteiger charge is -2.30. The van der Waals surface area contributed by atoms with Crippen LogP contribution in [0.2, 0.25) is 0 Å². The molecule has 0 atom stereocenters. The van der Waals surface area contributed by atoms with Crippen molar-refractivity contribution in [2.75, 3.05) is 0 Å². The summed E-state index contributed by atoms with van der Waals surface area (Å²) in [5.74, 6) is 0. The van der Waals surface area contributed by atoms with Crippen LogP contribution in [0, 0.1) is 0 Å². The zero-order valence-electron chi connectivity index (χ0n) is 14.6. The number of rotatable bonds is 0. The van der Waals surface area contributed by atoms with Gasteiger partial charge >= 0.3 is 0 Å². The molecule has 134 valence electrons. The van der Waals surface area contributed by atoms with Crippen LogP contribution in [0.15, 0.2) is 92.3 Å². The summed E-state index contributed by atoms with van der Waals surface area (Å²) in [5, 5.41) is 0. The summed E-state index contributed by atoms with van der Waals surface area (Å²) in [7, 11) is 0. The van der Waals surface area contributed by atoms with Gasteiger partial charge in [0.15, 0.2) is 0 Å². The average molecular weight is 553 g/mol. The summed E-state index contributed by atoms with van der Waals surface area (Å²) in [6, 6.07) is 29.0. The van der Waals surface area contributed by atoms with Crippen molar-refractivity contribution in [3.8, 4) is 22.3 Å². The van der Waals surface area contributed by atoms with Gasteiger partial charge in [0.05, 0.1) is 5.41 Å². The molecule has 0 amide bonds. The summed E-state index contributed by atoms with van der Waals surface area (Å²) in [6.45, 7) is 0. The van der Waals surface area contributed by atoms with Gasteiger partial charge in [0.1, 0.15) is 0 Å². The molecular formula is C25H13Br3. The Hall–Kier alpha value is -1.68. The van der Waals surface area contributed by atoms with Crippen molar-refractivity contribution in [1.82, 2.24) is 0 Å². The molecule has 4 aromatic rings. The maximum absolute atomic E-state index is 3.69. The number of halogens is 3. The zero-order chi connectivity index (χ0) is 19.0. The van der Waals surface area contributed by atoms with E-state index in [2.05, 4.69) is 127 Å². The van der Waals surface area contributed by atoms with Crippen molar-refractivity contribution >= 4 is 47.8 Å². The van der Waals surface area contributed by atoms with E-state index in [0.717, 1.165) is 13.4 Å². The van der Waals surface area contributed by atoms with Gasteiger partial charge < -0.3 is 0 Å². The lowest BCUT2D eigenvalue weighted by atomic mass is 9.70. The first-order valence-electron chi connectivity index (χ1n) is 9.11. The minimum absolute atomic E-state index is 0.265. The van der Waals surface area contributed by atoms with Gasteiger partial charge in [-0.3, -0.25) is 0 Å². The molecule has 0 fully saturated rings. The van der Waals surface area contributed by atoms with Crippen molar-refractivity contribution in [2.45, 2.75) is 5.41 Å². The molecule has 0 bridgehead atoms. The lowest BCUT2D eigenvalue weighted by molar-refractivity contribution is 0.793. The van der Waals surface area contributed by atoms with Crippen LogP contribution in [0.1, 0.15) is 22.3 Å². The molecule has 0 saturated carbocycles. The predicted octanol–water partition coefficient (Wildman–Crippen LogP) is 8.32. The lowest BCUT2D eigenvalue weighted by Crippen LogP contribution is -2.25. The minimum atomic E-state index is -0.265. The maximum atomic E-state index is 3.69. The normalized spacial score (nSPS) is 14.5. The molecule has 28 heavy (non-hydrogen) atoms. The Morgan fingerprint density at radius 2 is 0.821 bits per heavy atom. The summed E-state index contributed by atoms with van der Waals surface area (Å²) < 4.78 is 3.33. The van der Waals surface area contributed by atoms with Gasteiger partial charge in [-0.15, -0.1) is 0 Å². The highest BCUT2D eigenvalue weighted by Crippen LogP contribution is 2.63. The Morgan fingerprint density at radius 3 is 1.32 bits per heavy atom. The van der Waals surface area contributed by atoms with Crippen molar-refractivity contribution in [2.24, 2.45) is 0 Å². The van der Waals surface area contributed by atoms with E-state index in [9.17, 15) is 0 Å². The first-order valence-corrected chi connectivity index (χ1v) is 11.5. The van der Waals surface area contributed by atoms with E-state index < -0.39 is 0 Å². The van der Waals surface area contributed by atoms with Crippen LogP contribution in [0.25, 0.3) is 22.3 Å². The summed E-state index contributed by atoms with van der Waals surface area (Å²) in [4.78, 5) is 0. The third-order valence-corrected chi connectivity index (χ3v) is 7.55. The van der Waals surface area contributed by atoms with E-state index in [-0.39, 0.29) is 5.41 Å². The Bertz CT molecular complexity index is 1250. The van der Waals surface area contributed by atoms with Gasteiger partial charge in [-0.1, -0.05) is 90.3 Å². The van der Waals surface area contributed by atoms with Crippen molar-refractivity contribution in [3.05, 3.63) is 115 Å². The number of hydrogen-bond donors (Lipinski definition) is 0. The first kappa shape index (κ1) is 17.2. The van der Waals surface area contributed by atoms with E-state index >= 15 is 0 Å². The van der Waals surface area contributed by atoms with Crippen LogP contribution in [0.3, 0.4) is 0 Å². The van der Waals surface area contributed by atoms with E-state index in [4.69, 9.17) is 0 Å². The van der Waals surface area contributed by atoms with E-state index in [1.807, 2.05) is 0 Å². The van der Waals surface area contributed by atoms with Crippen LogP contribution in [-0.4, -0.2) is 0 Å². The molecule has 0 heterocycles. The zero-order valence-corrected chi connectivity index (χ0v) is 19.4. The van der Waals surface area contributed by atoms with Crippen LogP contribution in [-0.2, 0) is 5.41 Å². The molecule has 0 aliphatic heterocycles. The summed E-state index contributed by atoms with van der Waals surface area (Å²) in [6.07, 6.45) is 0. The Labute approximate surface area is 189 Å². The van der Waals surface area contributed by atoms with Crippen LogP contribution in [0.4, 0.5) is 0 Å². The molecule has 3 heteroatoms. The fourth-order valence-electron chi connectivity index (χ4n) is 5.11. The van der Waals surface area contributed by atoms with Crippen LogP contribution < -0.4 is 0 Å². The second-order valence-electron chi connectivity index (χ2n) is 7.37. The van der Waals surface area contributed by atoms with Crippen molar-refractivity contribution < 1.29 is 0 Å². The monoisotopic (exact) mass is 550 g/mol. The number of fused-ring (bicyclic) bond motifs is 10. The van der Waals surface area contributed by atoms with Gasteiger partial charge in [-0.05, 0) is 80.9 Å². The van der Waals surface area contributed by atoms with Gasteiger partial charge in [-0.25, -0.2) is 0 Å². The third-order valence-electron chi connectivity index (χ3n) is 6.07. The Kier molecular flexibility index (Phi) is 3.63. The molecule has 0 nitrogen and oxygen atoms in total. The second kappa shape index (κ2) is 5.91. The van der Waals surface area contributed by atoms with Crippen molar-refractivity contribution in [1.29, 1.82) is 0 Å². The van der Waals surface area contributed by atoms with Crippen LogP contribution in [0.5, 0.6) is 0 Å². The first-order chi connectivity index (χ1) is 13.6. The van der Waals surface area contributed by atoms with E-state index in [0.29, 0.717) is 0 Å². The summed E-state index contributed by atoms with van der Waals surface area (Å²) >= 11 is 11.1. The highest BCUT2D eigenvalue weighted by molar-refractivity contribution is 9.11.